The molecule has 32 heavy (non-hydrogen) atoms. The molecule has 0 aliphatic rings. The molecule has 0 aromatic heterocycles. The number of carbonyl (C=O) groups excluding carboxylic acids is 2. The van der Waals surface area contributed by atoms with E-state index < -0.39 is 23.6 Å². The van der Waals surface area contributed by atoms with Crippen molar-refractivity contribution in [3.05, 3.63) is 59.7 Å². The van der Waals surface area contributed by atoms with Crippen LogP contribution in [0.3, 0.4) is 0 Å². The Morgan fingerprint density at radius 3 is 2.53 bits per heavy atom. The van der Waals surface area contributed by atoms with Crippen LogP contribution in [0, 0.1) is 0 Å². The van der Waals surface area contributed by atoms with Crippen LogP contribution in [0.5, 0.6) is 11.5 Å². The zero-order valence-electron chi connectivity index (χ0n) is 18.6. The monoisotopic (exact) mass is 443 g/mol. The molecule has 0 radical (unpaired) electrons. The summed E-state index contributed by atoms with van der Waals surface area (Å²) in [6.45, 7) is 5.37. The maximum atomic E-state index is 12.6. The van der Waals surface area contributed by atoms with Crippen molar-refractivity contribution in [3.63, 3.8) is 0 Å². The number of ether oxygens (including phenoxy) is 3. The molecule has 0 aliphatic heterocycles. The number of benzene rings is 2. The average Bonchev–Trinajstić information content (AvgIpc) is 2.73. The van der Waals surface area contributed by atoms with Gasteiger partial charge in [0.15, 0.2) is 11.5 Å². The smallest absolute Gasteiger partial charge is 0.408 e. The molecule has 2 rings (SSSR count). The molecule has 1 atom stereocenters. The third-order valence-corrected chi connectivity index (χ3v) is 4.00. The summed E-state index contributed by atoms with van der Waals surface area (Å²) in [5, 5.41) is 16.1. The zero-order valence-corrected chi connectivity index (χ0v) is 18.6. The first-order chi connectivity index (χ1) is 15.2. The Labute approximate surface area is 187 Å². The molecule has 9 heteroatoms. The van der Waals surface area contributed by atoms with Crippen molar-refractivity contribution in [1.82, 2.24) is 10.7 Å². The molecule has 9 nitrogen and oxygen atoms in total. The number of nitrogens with one attached hydrogen (secondary N) is 2. The third-order valence-electron chi connectivity index (χ3n) is 4.00. The van der Waals surface area contributed by atoms with Crippen molar-refractivity contribution >= 4 is 18.2 Å². The summed E-state index contributed by atoms with van der Waals surface area (Å²) in [4.78, 5) is 24.8. The first kappa shape index (κ1) is 24.7. The molecule has 0 fully saturated rings. The lowest BCUT2D eigenvalue weighted by molar-refractivity contribution is -0.124. The lowest BCUT2D eigenvalue weighted by atomic mass is 10.2. The van der Waals surface area contributed by atoms with Crippen LogP contribution in [0.1, 0.15) is 31.9 Å². The molecular weight excluding hydrogens is 414 g/mol. The fourth-order valence-corrected chi connectivity index (χ4v) is 2.52. The van der Waals surface area contributed by atoms with Crippen molar-refractivity contribution in [1.29, 1.82) is 0 Å². The highest BCUT2D eigenvalue weighted by Crippen LogP contribution is 2.25. The third kappa shape index (κ3) is 8.65. The van der Waals surface area contributed by atoms with E-state index in [1.165, 1.54) is 19.4 Å². The van der Waals surface area contributed by atoms with Crippen LogP contribution < -0.4 is 15.5 Å². The van der Waals surface area contributed by atoms with Crippen LogP contribution >= 0.6 is 0 Å². The van der Waals surface area contributed by atoms with Gasteiger partial charge in [0.2, 0.25) is 0 Å². The second kappa shape index (κ2) is 11.7. The van der Waals surface area contributed by atoms with Crippen LogP contribution in [0.2, 0.25) is 0 Å². The van der Waals surface area contributed by atoms with E-state index in [-0.39, 0.29) is 24.7 Å². The number of alkyl carbamates (subject to hydrolysis) is 1. The number of phenolic OH excluding ortho intramolecular Hbond substituents is 1. The Balaban J connectivity index is 2.00. The SMILES string of the molecule is COc1cc(/C=N\NC(=O)[C@H](COCc2ccccc2)NC(=O)OC(C)(C)C)ccc1O. The number of methoxy groups -OCH3 is 1. The van der Waals surface area contributed by atoms with Crippen molar-refractivity contribution in [2.75, 3.05) is 13.7 Å². The van der Waals surface area contributed by atoms with Gasteiger partial charge in [-0.05, 0) is 50.1 Å². The Kier molecular flexibility index (Phi) is 9.03. The molecule has 2 aromatic rings. The zero-order chi connectivity index (χ0) is 23.6. The molecule has 0 saturated heterocycles. The number of phenols is 1. The van der Waals surface area contributed by atoms with Crippen molar-refractivity contribution in [3.8, 4) is 11.5 Å². The van der Waals surface area contributed by atoms with Crippen LogP contribution in [0.4, 0.5) is 4.79 Å². The molecule has 3 N–H and O–H groups in total. The van der Waals surface area contributed by atoms with Gasteiger partial charge in [-0.3, -0.25) is 4.79 Å². The minimum atomic E-state index is -1.03. The summed E-state index contributed by atoms with van der Waals surface area (Å²) in [6.07, 6.45) is 0.642. The first-order valence-corrected chi connectivity index (χ1v) is 9.99. The number of carbonyl (C=O) groups is 2. The number of rotatable bonds is 9. The van der Waals surface area contributed by atoms with E-state index in [1.54, 1.807) is 32.9 Å². The van der Waals surface area contributed by atoms with E-state index in [4.69, 9.17) is 14.2 Å². The number of nitrogens with zero attached hydrogens (tertiary/aromatic N) is 1. The fraction of sp³-hybridized carbons (Fsp3) is 0.348. The molecule has 0 bridgehead atoms. The van der Waals surface area contributed by atoms with Gasteiger partial charge in [0.05, 0.1) is 26.5 Å². The van der Waals surface area contributed by atoms with Crippen molar-refractivity contribution in [2.24, 2.45) is 5.10 Å². The standard InChI is InChI=1S/C23H29N3O6/c1-23(2,3)32-22(29)25-18(15-31-14-16-8-6-5-7-9-16)21(28)26-24-13-17-10-11-19(27)20(12-17)30-4/h5-13,18,27H,14-15H2,1-4H3,(H,25,29)(H,26,28)/b24-13-/t18-/m0/s1. The van der Waals surface area contributed by atoms with E-state index >= 15 is 0 Å². The average molecular weight is 444 g/mol. The highest BCUT2D eigenvalue weighted by molar-refractivity contribution is 5.87. The van der Waals surface area contributed by atoms with E-state index in [2.05, 4.69) is 15.8 Å². The highest BCUT2D eigenvalue weighted by atomic mass is 16.6. The van der Waals surface area contributed by atoms with Gasteiger partial charge >= 0.3 is 6.09 Å². The second-order valence-electron chi connectivity index (χ2n) is 7.87. The molecule has 0 aliphatic carbocycles. The topological polar surface area (TPSA) is 118 Å². The minimum absolute atomic E-state index is 0.00845. The Morgan fingerprint density at radius 2 is 1.88 bits per heavy atom. The summed E-state index contributed by atoms with van der Waals surface area (Å²) in [5.74, 6) is -0.309. The summed E-state index contributed by atoms with van der Waals surface area (Å²) < 4.78 is 15.9. The van der Waals surface area contributed by atoms with Crippen LogP contribution in [-0.2, 0) is 20.9 Å². The number of amides is 2. The van der Waals surface area contributed by atoms with Crippen LogP contribution in [-0.4, -0.2) is 48.7 Å². The van der Waals surface area contributed by atoms with Gasteiger partial charge in [0, 0.05) is 0 Å². The largest absolute Gasteiger partial charge is 0.504 e. The molecule has 0 unspecified atom stereocenters. The van der Waals surface area contributed by atoms with Gasteiger partial charge in [-0.25, -0.2) is 10.2 Å². The van der Waals surface area contributed by atoms with Crippen molar-refractivity contribution < 1.29 is 28.9 Å². The van der Waals surface area contributed by atoms with Gasteiger partial charge in [-0.2, -0.15) is 5.10 Å². The van der Waals surface area contributed by atoms with Gasteiger partial charge < -0.3 is 24.6 Å². The predicted molar refractivity (Wildman–Crippen MR) is 120 cm³/mol. The number of hydrogen-bond donors (Lipinski definition) is 3. The maximum Gasteiger partial charge on any atom is 0.408 e. The Morgan fingerprint density at radius 1 is 1.16 bits per heavy atom. The molecule has 0 saturated carbocycles. The Hall–Kier alpha value is -3.59. The van der Waals surface area contributed by atoms with Gasteiger partial charge in [0.25, 0.3) is 5.91 Å². The lowest BCUT2D eigenvalue weighted by Gasteiger charge is -2.22. The molecule has 0 heterocycles. The lowest BCUT2D eigenvalue weighted by Crippen LogP contribution is -2.49. The summed E-state index contributed by atoms with van der Waals surface area (Å²) in [6, 6.07) is 13.0. The predicted octanol–water partition coefficient (Wildman–Crippen LogP) is 2.96. The van der Waals surface area contributed by atoms with Crippen molar-refractivity contribution in [2.45, 2.75) is 39.0 Å². The molecular formula is C23H29N3O6. The summed E-state index contributed by atoms with van der Waals surface area (Å²) >= 11 is 0. The number of hydrogen-bond acceptors (Lipinski definition) is 7. The van der Waals surface area contributed by atoms with Gasteiger partial charge in [0.1, 0.15) is 11.6 Å². The van der Waals surface area contributed by atoms with E-state index in [1.807, 2.05) is 30.3 Å². The second-order valence-corrected chi connectivity index (χ2v) is 7.87. The Bertz CT molecular complexity index is 925. The van der Waals surface area contributed by atoms with E-state index in [0.717, 1.165) is 5.56 Å². The van der Waals surface area contributed by atoms with E-state index in [9.17, 15) is 14.7 Å². The minimum Gasteiger partial charge on any atom is -0.504 e. The summed E-state index contributed by atoms with van der Waals surface area (Å²) in [5.41, 5.74) is 3.19. The van der Waals surface area contributed by atoms with Crippen LogP contribution in [0.15, 0.2) is 53.6 Å². The molecule has 0 spiro atoms. The highest BCUT2D eigenvalue weighted by Gasteiger charge is 2.24. The van der Waals surface area contributed by atoms with Gasteiger partial charge in [-0.1, -0.05) is 30.3 Å². The molecule has 2 amide bonds. The quantitative estimate of drug-likeness (QED) is 0.405. The van der Waals surface area contributed by atoms with Crippen LogP contribution in [0.25, 0.3) is 0 Å². The first-order valence-electron chi connectivity index (χ1n) is 9.99. The van der Waals surface area contributed by atoms with Gasteiger partial charge in [-0.15, -0.1) is 0 Å². The molecule has 172 valence electrons. The fourth-order valence-electron chi connectivity index (χ4n) is 2.52. The maximum absolute atomic E-state index is 12.6. The van der Waals surface area contributed by atoms with E-state index in [0.29, 0.717) is 5.56 Å². The number of hydrazone groups is 1. The molecule has 2 aromatic carbocycles. The summed E-state index contributed by atoms with van der Waals surface area (Å²) in [7, 11) is 1.43. The normalized spacial score (nSPS) is 12.2. The number of aromatic hydroxyl groups is 1.